The Labute approximate surface area is 81.8 Å². The van der Waals surface area contributed by atoms with Crippen LogP contribution < -0.4 is 0 Å². The van der Waals surface area contributed by atoms with Crippen molar-refractivity contribution in [3.63, 3.8) is 0 Å². The monoisotopic (exact) mass is 192 g/mol. The molecule has 4 nitrogen and oxygen atoms in total. The Morgan fingerprint density at radius 2 is 2.21 bits per heavy atom. The Kier molecular flexibility index (Phi) is 2.23. The van der Waals surface area contributed by atoms with Crippen molar-refractivity contribution in [2.45, 2.75) is 6.23 Å². The predicted molar refractivity (Wildman–Crippen MR) is 52.7 cm³/mol. The number of nitrogens with zero attached hydrogens (tertiary/aromatic N) is 2. The fourth-order valence-electron chi connectivity index (χ4n) is 1.33. The molecular weight excluding hydrogens is 180 g/mol. The van der Waals surface area contributed by atoms with Gasteiger partial charge in [-0.2, -0.15) is 0 Å². The molecule has 1 atom stereocenters. The highest BCUT2D eigenvalue weighted by Crippen LogP contribution is 2.20. The molecule has 0 fully saturated rings. The second-order valence-corrected chi connectivity index (χ2v) is 3.42. The van der Waals surface area contributed by atoms with Gasteiger partial charge in [-0.05, 0) is 31.8 Å². The van der Waals surface area contributed by atoms with Crippen molar-refractivity contribution in [1.29, 1.82) is 0 Å². The van der Waals surface area contributed by atoms with E-state index in [1.165, 1.54) is 6.39 Å². The molecular formula is C10H12N2O2. The third-order valence-electron chi connectivity index (χ3n) is 2.14. The maximum atomic E-state index is 9.76. The third-order valence-corrected chi connectivity index (χ3v) is 2.14. The van der Waals surface area contributed by atoms with Crippen LogP contribution in [0.3, 0.4) is 0 Å². The molecule has 1 N–H and O–H groups in total. The standard InChI is InChI=1S/C10H12N2O2/c1-12(2)10(13)7-3-4-8-9(5-7)14-6-11-8/h3-6,10,13H,1-2H3. The lowest BCUT2D eigenvalue weighted by Crippen LogP contribution is -2.18. The molecule has 0 radical (unpaired) electrons. The van der Waals surface area contributed by atoms with Crippen molar-refractivity contribution in [2.24, 2.45) is 0 Å². The second-order valence-electron chi connectivity index (χ2n) is 3.42. The minimum atomic E-state index is -0.607. The quantitative estimate of drug-likeness (QED) is 0.730. The fourth-order valence-corrected chi connectivity index (χ4v) is 1.33. The molecule has 0 bridgehead atoms. The van der Waals surface area contributed by atoms with Gasteiger partial charge in [0.1, 0.15) is 11.7 Å². The summed E-state index contributed by atoms with van der Waals surface area (Å²) < 4.78 is 5.15. The molecule has 2 aromatic rings. The van der Waals surface area contributed by atoms with E-state index in [1.54, 1.807) is 11.0 Å². The zero-order valence-electron chi connectivity index (χ0n) is 8.14. The van der Waals surface area contributed by atoms with Gasteiger partial charge >= 0.3 is 0 Å². The van der Waals surface area contributed by atoms with Crippen LogP contribution in [-0.4, -0.2) is 29.1 Å². The van der Waals surface area contributed by atoms with Gasteiger partial charge in [0.05, 0.1) is 0 Å². The number of fused-ring (bicyclic) bond motifs is 1. The van der Waals surface area contributed by atoms with Crippen molar-refractivity contribution in [1.82, 2.24) is 9.88 Å². The fraction of sp³-hybridized carbons (Fsp3) is 0.300. The number of aliphatic hydroxyl groups is 1. The lowest BCUT2D eigenvalue weighted by molar-refractivity contribution is 0.0396. The Hall–Kier alpha value is -1.39. The van der Waals surface area contributed by atoms with Gasteiger partial charge in [0.15, 0.2) is 12.0 Å². The maximum Gasteiger partial charge on any atom is 0.181 e. The highest BCUT2D eigenvalue weighted by molar-refractivity contribution is 5.72. The third kappa shape index (κ3) is 1.49. The second kappa shape index (κ2) is 3.40. The molecule has 0 spiro atoms. The SMILES string of the molecule is CN(C)C(O)c1ccc2ncoc2c1. The Bertz CT molecular complexity index is 436. The van der Waals surface area contributed by atoms with Gasteiger partial charge < -0.3 is 9.52 Å². The summed E-state index contributed by atoms with van der Waals surface area (Å²) in [7, 11) is 3.63. The Balaban J connectivity index is 2.43. The van der Waals surface area contributed by atoms with Crippen molar-refractivity contribution >= 4 is 11.1 Å². The number of aliphatic hydroxyl groups excluding tert-OH is 1. The molecule has 1 heterocycles. The molecule has 4 heteroatoms. The van der Waals surface area contributed by atoms with Gasteiger partial charge in [-0.15, -0.1) is 0 Å². The molecule has 1 aromatic heterocycles. The zero-order valence-corrected chi connectivity index (χ0v) is 8.14. The Morgan fingerprint density at radius 1 is 1.43 bits per heavy atom. The van der Waals surface area contributed by atoms with Crippen molar-refractivity contribution in [3.05, 3.63) is 30.2 Å². The first-order valence-electron chi connectivity index (χ1n) is 4.36. The molecule has 2 rings (SSSR count). The van der Waals surface area contributed by atoms with Gasteiger partial charge in [-0.3, -0.25) is 4.90 Å². The van der Waals surface area contributed by atoms with Crippen molar-refractivity contribution in [3.8, 4) is 0 Å². The topological polar surface area (TPSA) is 49.5 Å². The minimum Gasteiger partial charge on any atom is -0.443 e. The van der Waals surface area contributed by atoms with Crippen LogP contribution in [0.25, 0.3) is 11.1 Å². The van der Waals surface area contributed by atoms with E-state index in [2.05, 4.69) is 4.98 Å². The molecule has 0 aliphatic rings. The molecule has 74 valence electrons. The summed E-state index contributed by atoms with van der Waals surface area (Å²) in [4.78, 5) is 5.72. The number of rotatable bonds is 2. The van der Waals surface area contributed by atoms with Gasteiger partial charge in [-0.25, -0.2) is 4.98 Å². The van der Waals surface area contributed by atoms with E-state index in [1.807, 2.05) is 26.2 Å². The summed E-state index contributed by atoms with van der Waals surface area (Å²) in [5.41, 5.74) is 2.31. The smallest absolute Gasteiger partial charge is 0.181 e. The number of benzene rings is 1. The molecule has 0 aliphatic carbocycles. The van der Waals surface area contributed by atoms with Crippen molar-refractivity contribution < 1.29 is 9.52 Å². The lowest BCUT2D eigenvalue weighted by atomic mass is 10.2. The summed E-state index contributed by atoms with van der Waals surface area (Å²) in [6.07, 6.45) is 0.792. The number of aromatic nitrogens is 1. The number of oxazole rings is 1. The summed E-state index contributed by atoms with van der Waals surface area (Å²) in [5, 5.41) is 9.76. The van der Waals surface area contributed by atoms with Gasteiger partial charge in [0, 0.05) is 0 Å². The van der Waals surface area contributed by atoms with Crippen molar-refractivity contribution in [2.75, 3.05) is 14.1 Å². The molecule has 0 amide bonds. The average molecular weight is 192 g/mol. The van der Waals surface area contributed by atoms with E-state index in [-0.39, 0.29) is 0 Å². The van der Waals surface area contributed by atoms with E-state index in [0.29, 0.717) is 5.58 Å². The molecule has 0 saturated heterocycles. The first-order chi connectivity index (χ1) is 6.68. The van der Waals surface area contributed by atoms with Gasteiger partial charge in [-0.1, -0.05) is 6.07 Å². The van der Waals surface area contributed by atoms with Crippen LogP contribution in [0, 0.1) is 0 Å². The normalized spacial score (nSPS) is 13.7. The van der Waals surface area contributed by atoms with Crippen LogP contribution in [0.15, 0.2) is 29.0 Å². The highest BCUT2D eigenvalue weighted by Gasteiger charge is 2.10. The molecule has 14 heavy (non-hydrogen) atoms. The summed E-state index contributed by atoms with van der Waals surface area (Å²) in [6, 6.07) is 5.48. The molecule has 1 unspecified atom stereocenters. The van der Waals surface area contributed by atoms with E-state index in [0.717, 1.165) is 11.1 Å². The van der Waals surface area contributed by atoms with E-state index in [9.17, 15) is 5.11 Å². The molecule has 1 aromatic carbocycles. The Morgan fingerprint density at radius 3 is 2.93 bits per heavy atom. The maximum absolute atomic E-state index is 9.76. The number of hydrogen-bond acceptors (Lipinski definition) is 4. The van der Waals surface area contributed by atoms with Gasteiger partial charge in [0.2, 0.25) is 0 Å². The summed E-state index contributed by atoms with van der Waals surface area (Å²) in [5.74, 6) is 0. The highest BCUT2D eigenvalue weighted by atomic mass is 16.3. The van der Waals surface area contributed by atoms with Crippen LogP contribution in [0.5, 0.6) is 0 Å². The van der Waals surface area contributed by atoms with Crippen LogP contribution >= 0.6 is 0 Å². The first kappa shape index (κ1) is 9.18. The van der Waals surface area contributed by atoms with Crippen LogP contribution in [0.4, 0.5) is 0 Å². The summed E-state index contributed by atoms with van der Waals surface area (Å²) >= 11 is 0. The van der Waals surface area contributed by atoms with Crippen LogP contribution in [0.2, 0.25) is 0 Å². The summed E-state index contributed by atoms with van der Waals surface area (Å²) in [6.45, 7) is 0. The predicted octanol–water partition coefficient (Wildman–Crippen LogP) is 1.38. The van der Waals surface area contributed by atoms with E-state index < -0.39 is 6.23 Å². The van der Waals surface area contributed by atoms with Gasteiger partial charge in [0.25, 0.3) is 0 Å². The lowest BCUT2D eigenvalue weighted by Gasteiger charge is -2.18. The number of hydrogen-bond donors (Lipinski definition) is 1. The van der Waals surface area contributed by atoms with Crippen LogP contribution in [-0.2, 0) is 0 Å². The minimum absolute atomic E-state index is 0.607. The van der Waals surface area contributed by atoms with E-state index >= 15 is 0 Å². The van der Waals surface area contributed by atoms with Crippen LogP contribution in [0.1, 0.15) is 11.8 Å². The zero-order chi connectivity index (χ0) is 10.1. The molecule has 0 aliphatic heterocycles. The first-order valence-corrected chi connectivity index (χ1v) is 4.36. The molecule has 0 saturated carbocycles. The van der Waals surface area contributed by atoms with E-state index in [4.69, 9.17) is 4.42 Å². The average Bonchev–Trinajstić information content (AvgIpc) is 2.62. The largest absolute Gasteiger partial charge is 0.443 e.